The lowest BCUT2D eigenvalue weighted by atomic mass is 10.1. The molecule has 0 radical (unpaired) electrons. The summed E-state index contributed by atoms with van der Waals surface area (Å²) in [4.78, 5) is 38.1. The van der Waals surface area contributed by atoms with Crippen LogP contribution in [-0.4, -0.2) is 37.2 Å². The van der Waals surface area contributed by atoms with Gasteiger partial charge in [-0.25, -0.2) is 0 Å². The number of ether oxygens (including phenoxy) is 3. The zero-order valence-electron chi connectivity index (χ0n) is 44.5. The molecule has 0 aliphatic rings. The van der Waals surface area contributed by atoms with Crippen molar-refractivity contribution in [1.29, 1.82) is 0 Å². The van der Waals surface area contributed by atoms with Crippen LogP contribution in [-0.2, 0) is 28.6 Å². The summed E-state index contributed by atoms with van der Waals surface area (Å²) < 4.78 is 16.7. The molecule has 0 heterocycles. The molecule has 0 saturated heterocycles. The van der Waals surface area contributed by atoms with Crippen LogP contribution in [0.5, 0.6) is 0 Å². The van der Waals surface area contributed by atoms with Gasteiger partial charge in [0, 0.05) is 19.3 Å². The van der Waals surface area contributed by atoms with E-state index in [1.807, 2.05) is 72.9 Å². The number of carbonyl (C=O) groups is 3. The quantitative estimate of drug-likeness (QED) is 0.0199. The van der Waals surface area contributed by atoms with Gasteiger partial charge in [-0.3, -0.25) is 14.4 Å². The first-order valence-corrected chi connectivity index (χ1v) is 27.6. The molecule has 0 aliphatic carbocycles. The number of allylic oxidation sites excluding steroid dienone is 26. The summed E-state index contributed by atoms with van der Waals surface area (Å²) in [6.45, 7) is 6.33. The second-order valence-electron chi connectivity index (χ2n) is 17.6. The van der Waals surface area contributed by atoms with E-state index in [9.17, 15) is 14.4 Å². The van der Waals surface area contributed by atoms with Gasteiger partial charge in [0.15, 0.2) is 6.10 Å². The van der Waals surface area contributed by atoms with Gasteiger partial charge in [0.05, 0.1) is 0 Å². The molecule has 1 atom stereocenters. The Labute approximate surface area is 429 Å². The number of carbonyl (C=O) groups excluding carboxylic acids is 3. The predicted octanol–water partition coefficient (Wildman–Crippen LogP) is 18.6. The maximum Gasteiger partial charge on any atom is 0.306 e. The maximum atomic E-state index is 12.8. The Bertz CT molecular complexity index is 1620. The Morgan fingerprint density at radius 3 is 1.09 bits per heavy atom. The van der Waals surface area contributed by atoms with E-state index in [0.717, 1.165) is 83.5 Å². The minimum absolute atomic E-state index is 0.136. The lowest BCUT2D eigenvalue weighted by Crippen LogP contribution is -2.30. The highest BCUT2D eigenvalue weighted by molar-refractivity contribution is 5.71. The van der Waals surface area contributed by atoms with Crippen molar-refractivity contribution in [2.45, 2.75) is 213 Å². The second-order valence-corrected chi connectivity index (χ2v) is 17.6. The zero-order chi connectivity index (χ0) is 50.7. The molecule has 0 rings (SSSR count). The van der Waals surface area contributed by atoms with Crippen molar-refractivity contribution in [1.82, 2.24) is 0 Å². The molecule has 0 spiro atoms. The third-order valence-corrected chi connectivity index (χ3v) is 11.0. The van der Waals surface area contributed by atoms with E-state index in [0.29, 0.717) is 19.3 Å². The molecule has 6 heteroatoms. The van der Waals surface area contributed by atoms with E-state index in [-0.39, 0.29) is 38.0 Å². The van der Waals surface area contributed by atoms with E-state index in [1.54, 1.807) is 0 Å². The van der Waals surface area contributed by atoms with Crippen molar-refractivity contribution >= 4 is 17.9 Å². The van der Waals surface area contributed by atoms with Crippen molar-refractivity contribution in [2.75, 3.05) is 13.2 Å². The molecule has 6 nitrogen and oxygen atoms in total. The van der Waals surface area contributed by atoms with Gasteiger partial charge in [-0.15, -0.1) is 0 Å². The Kier molecular flexibility index (Phi) is 52.6. The summed E-state index contributed by atoms with van der Waals surface area (Å²) >= 11 is 0. The Morgan fingerprint density at radius 1 is 0.314 bits per heavy atom. The van der Waals surface area contributed by atoms with E-state index in [4.69, 9.17) is 14.2 Å². The first-order chi connectivity index (χ1) is 34.5. The van der Waals surface area contributed by atoms with Crippen LogP contribution in [0.3, 0.4) is 0 Å². The normalized spacial score (nSPS) is 13.4. The van der Waals surface area contributed by atoms with Crippen molar-refractivity contribution in [3.05, 3.63) is 158 Å². The average Bonchev–Trinajstić information content (AvgIpc) is 3.36. The van der Waals surface area contributed by atoms with Crippen LogP contribution in [0.15, 0.2) is 158 Å². The number of unbranched alkanes of at least 4 members (excludes halogenated alkanes) is 17. The van der Waals surface area contributed by atoms with Crippen LogP contribution in [0.4, 0.5) is 0 Å². The Balaban J connectivity index is 4.66. The lowest BCUT2D eigenvalue weighted by Gasteiger charge is -2.18. The highest BCUT2D eigenvalue weighted by Gasteiger charge is 2.19. The summed E-state index contributed by atoms with van der Waals surface area (Å²) in [6.07, 6.45) is 82.3. The largest absolute Gasteiger partial charge is 0.462 e. The van der Waals surface area contributed by atoms with Crippen LogP contribution >= 0.6 is 0 Å². The molecule has 0 aliphatic heterocycles. The molecule has 0 fully saturated rings. The predicted molar refractivity (Wildman–Crippen MR) is 302 cm³/mol. The molecule has 0 aromatic rings. The summed E-state index contributed by atoms with van der Waals surface area (Å²) in [5.74, 6) is -1.07. The smallest absolute Gasteiger partial charge is 0.306 e. The number of hydrogen-bond donors (Lipinski definition) is 0. The summed E-state index contributed by atoms with van der Waals surface area (Å²) in [7, 11) is 0. The molecule has 0 N–H and O–H groups in total. The third-order valence-electron chi connectivity index (χ3n) is 11.0. The van der Waals surface area contributed by atoms with Crippen molar-refractivity contribution < 1.29 is 28.6 Å². The van der Waals surface area contributed by atoms with Crippen LogP contribution in [0, 0.1) is 0 Å². The zero-order valence-corrected chi connectivity index (χ0v) is 44.5. The first kappa shape index (κ1) is 65.0. The number of hydrogen-bond acceptors (Lipinski definition) is 6. The molecule has 0 saturated carbocycles. The van der Waals surface area contributed by atoms with E-state index >= 15 is 0 Å². The average molecular weight is 963 g/mol. The fourth-order valence-electron chi connectivity index (χ4n) is 6.82. The summed E-state index contributed by atoms with van der Waals surface area (Å²) in [6, 6.07) is 0. The molecular weight excluding hydrogens is 865 g/mol. The van der Waals surface area contributed by atoms with Gasteiger partial charge in [0.2, 0.25) is 0 Å². The van der Waals surface area contributed by atoms with Crippen molar-refractivity contribution in [3.63, 3.8) is 0 Å². The van der Waals surface area contributed by atoms with Gasteiger partial charge >= 0.3 is 17.9 Å². The third kappa shape index (κ3) is 54.0. The molecule has 0 aromatic heterocycles. The standard InChI is InChI=1S/C64H98O6/c1-4-7-10-13-16-19-22-25-28-31-32-34-36-39-42-45-48-51-54-57-63(66)69-60-61(59-68-62(65)56-53-50-47-44-41-38-35-30-27-24-21-18-15-12-9-6-3)70-64(67)58-55-52-49-46-43-40-37-33-29-26-23-20-17-14-11-8-5-2/h7,10,13,16-17,19-20,22,25-26,28-32,34-42,46,49,61H,4-6,8-9,11-12,14-15,18,21,23-24,27,33,43-45,47-48,50-60H2,1-3H3/b10-7-,16-13-,20-17-,22-19-,28-25-,29-26-,32-31+,35-30-,36-34-,40-37-,41-38-,42-39-,49-46-. The van der Waals surface area contributed by atoms with Gasteiger partial charge in [-0.1, -0.05) is 243 Å². The van der Waals surface area contributed by atoms with Gasteiger partial charge in [0.1, 0.15) is 13.2 Å². The van der Waals surface area contributed by atoms with Crippen LogP contribution in [0.2, 0.25) is 0 Å². The number of rotatable bonds is 47. The monoisotopic (exact) mass is 963 g/mol. The van der Waals surface area contributed by atoms with Gasteiger partial charge in [-0.05, 0) is 103 Å². The molecule has 390 valence electrons. The number of esters is 3. The lowest BCUT2D eigenvalue weighted by molar-refractivity contribution is -0.167. The minimum Gasteiger partial charge on any atom is -0.462 e. The minimum atomic E-state index is -0.845. The summed E-state index contributed by atoms with van der Waals surface area (Å²) in [5.41, 5.74) is 0. The SMILES string of the molecule is CC\C=C/C=C\C=C/C=C\C=C\C=C/C=C\CCCCCC(=O)OCC(COC(=O)CCCCC/C=C\C=C/CCCCCCCCC)OC(=O)CCC/C=C\C/C=C\C/C=C\C/C=C\CCCCC. The van der Waals surface area contributed by atoms with E-state index < -0.39 is 12.1 Å². The summed E-state index contributed by atoms with van der Waals surface area (Å²) in [5, 5.41) is 0. The van der Waals surface area contributed by atoms with Gasteiger partial charge < -0.3 is 14.2 Å². The highest BCUT2D eigenvalue weighted by atomic mass is 16.6. The molecule has 0 bridgehead atoms. The van der Waals surface area contributed by atoms with Crippen LogP contribution in [0.25, 0.3) is 0 Å². The fourth-order valence-corrected chi connectivity index (χ4v) is 6.82. The molecule has 70 heavy (non-hydrogen) atoms. The van der Waals surface area contributed by atoms with E-state index in [2.05, 4.69) is 106 Å². The van der Waals surface area contributed by atoms with Gasteiger partial charge in [-0.2, -0.15) is 0 Å². The first-order valence-electron chi connectivity index (χ1n) is 27.6. The Hall–Kier alpha value is -4.97. The molecule has 0 aromatic carbocycles. The molecule has 1 unspecified atom stereocenters. The molecule has 0 amide bonds. The van der Waals surface area contributed by atoms with E-state index in [1.165, 1.54) is 70.6 Å². The highest BCUT2D eigenvalue weighted by Crippen LogP contribution is 2.11. The van der Waals surface area contributed by atoms with Gasteiger partial charge in [0.25, 0.3) is 0 Å². The topological polar surface area (TPSA) is 78.9 Å². The molecular formula is C64H98O6. The Morgan fingerprint density at radius 2 is 0.629 bits per heavy atom. The fraction of sp³-hybridized carbons (Fsp3) is 0.547. The second kappa shape index (κ2) is 56.6. The van der Waals surface area contributed by atoms with Crippen molar-refractivity contribution in [2.24, 2.45) is 0 Å². The maximum absolute atomic E-state index is 12.8. The van der Waals surface area contributed by atoms with Crippen LogP contribution < -0.4 is 0 Å². The van der Waals surface area contributed by atoms with Crippen molar-refractivity contribution in [3.8, 4) is 0 Å². The van der Waals surface area contributed by atoms with Crippen LogP contribution in [0.1, 0.15) is 207 Å².